The Labute approximate surface area is 166 Å². The van der Waals surface area contributed by atoms with Crippen molar-refractivity contribution in [2.45, 2.75) is 25.1 Å². The molecule has 1 fully saturated rings. The number of benzene rings is 1. The number of ether oxygens (including phenoxy) is 1. The fraction of sp³-hybridized carbons (Fsp3) is 0.316. The number of aliphatic imine (C=N–C) groups is 1. The molecular weight excluding hydrogens is 389 g/mol. The first-order valence-corrected chi connectivity index (χ1v) is 9.48. The van der Waals surface area contributed by atoms with Crippen molar-refractivity contribution in [2.75, 3.05) is 13.7 Å². The van der Waals surface area contributed by atoms with Crippen LogP contribution in [0.25, 0.3) is 0 Å². The molecule has 142 valence electrons. The lowest BCUT2D eigenvalue weighted by atomic mass is 10.2. The second kappa shape index (κ2) is 7.86. The Balaban J connectivity index is 1.88. The lowest BCUT2D eigenvalue weighted by Gasteiger charge is -2.19. The van der Waals surface area contributed by atoms with Gasteiger partial charge in [0.25, 0.3) is 5.91 Å². The molecular formula is C19H19ClFN3O2S. The Morgan fingerprint density at radius 3 is 2.85 bits per heavy atom. The molecule has 1 aliphatic heterocycles. The number of thioether (sulfide) groups is 1. The molecule has 0 unspecified atom stereocenters. The zero-order chi connectivity index (χ0) is 19.6. The molecule has 1 saturated heterocycles. The molecule has 0 bridgehead atoms. The number of pyridine rings is 1. The molecule has 0 aliphatic carbocycles. The average Bonchev–Trinajstić information content (AvgIpc) is 2.90. The molecule has 0 spiro atoms. The molecule has 5 nitrogen and oxygen atoms in total. The Morgan fingerprint density at radius 1 is 1.41 bits per heavy atom. The van der Waals surface area contributed by atoms with Gasteiger partial charge in [0.05, 0.1) is 12.7 Å². The van der Waals surface area contributed by atoms with Crippen molar-refractivity contribution in [1.29, 1.82) is 0 Å². The highest BCUT2D eigenvalue weighted by Crippen LogP contribution is 2.37. The van der Waals surface area contributed by atoms with Crippen molar-refractivity contribution >= 4 is 34.4 Å². The highest BCUT2D eigenvalue weighted by atomic mass is 35.5. The van der Waals surface area contributed by atoms with Crippen LogP contribution in [0.3, 0.4) is 0 Å². The summed E-state index contributed by atoms with van der Waals surface area (Å²) in [5.74, 6) is -0.519. The second-order valence-electron chi connectivity index (χ2n) is 6.75. The minimum absolute atomic E-state index is 0.106. The predicted molar refractivity (Wildman–Crippen MR) is 106 cm³/mol. The Bertz CT molecular complexity index is 887. The minimum atomic E-state index is -0.521. The summed E-state index contributed by atoms with van der Waals surface area (Å²) < 4.78 is 18.2. The van der Waals surface area contributed by atoms with Gasteiger partial charge in [-0.2, -0.15) is 9.38 Å². The van der Waals surface area contributed by atoms with E-state index in [1.807, 2.05) is 4.90 Å². The normalized spacial score (nSPS) is 17.4. The molecule has 1 aromatic heterocycles. The van der Waals surface area contributed by atoms with Crippen LogP contribution in [0.15, 0.2) is 41.5 Å². The largest absolute Gasteiger partial charge is 0.496 e. The summed E-state index contributed by atoms with van der Waals surface area (Å²) >= 11 is 7.54. The van der Waals surface area contributed by atoms with Gasteiger partial charge in [-0.1, -0.05) is 29.4 Å². The molecule has 1 amide bonds. The second-order valence-corrected chi connectivity index (χ2v) is 8.86. The third-order valence-corrected chi connectivity index (χ3v) is 5.41. The SMILES string of the molecule is COc1ccc(Cl)cc1C(=O)N=C1SC(C)(C)CN1Cc1ccc(F)nc1. The van der Waals surface area contributed by atoms with Crippen LogP contribution in [0.5, 0.6) is 5.75 Å². The molecule has 2 aromatic rings. The van der Waals surface area contributed by atoms with Gasteiger partial charge in [-0.15, -0.1) is 0 Å². The highest BCUT2D eigenvalue weighted by Gasteiger charge is 2.36. The number of carbonyl (C=O) groups excluding carboxylic acids is 1. The summed E-state index contributed by atoms with van der Waals surface area (Å²) in [4.78, 5) is 22.8. The van der Waals surface area contributed by atoms with Crippen LogP contribution in [0, 0.1) is 5.95 Å². The van der Waals surface area contributed by atoms with Crippen molar-refractivity contribution in [3.8, 4) is 5.75 Å². The van der Waals surface area contributed by atoms with Crippen LogP contribution in [-0.4, -0.2) is 39.4 Å². The number of amidine groups is 1. The number of amides is 1. The number of rotatable bonds is 4. The van der Waals surface area contributed by atoms with Crippen molar-refractivity contribution in [3.63, 3.8) is 0 Å². The van der Waals surface area contributed by atoms with E-state index in [1.54, 1.807) is 24.3 Å². The fourth-order valence-corrected chi connectivity index (χ4v) is 4.08. The standard InChI is InChI=1S/C19H19ClFN3O2S/c1-19(2)11-24(10-12-4-7-16(21)22-9-12)18(27-19)23-17(25)14-8-13(20)5-6-15(14)26-3/h4-9H,10-11H2,1-3H3. The lowest BCUT2D eigenvalue weighted by molar-refractivity contribution is 0.0998. The number of halogens is 2. The van der Waals surface area contributed by atoms with Gasteiger partial charge >= 0.3 is 0 Å². The summed E-state index contributed by atoms with van der Waals surface area (Å²) in [6, 6.07) is 7.85. The maximum Gasteiger partial charge on any atom is 0.283 e. The number of aromatic nitrogens is 1. The Hall–Kier alpha value is -2.12. The number of hydrogen-bond acceptors (Lipinski definition) is 4. The predicted octanol–water partition coefficient (Wildman–Crippen LogP) is 4.41. The van der Waals surface area contributed by atoms with Crippen LogP contribution in [-0.2, 0) is 6.54 Å². The highest BCUT2D eigenvalue weighted by molar-refractivity contribution is 8.15. The fourth-order valence-electron chi connectivity index (χ4n) is 2.80. The molecule has 0 N–H and O–H groups in total. The van der Waals surface area contributed by atoms with Gasteiger partial charge in [0.2, 0.25) is 5.95 Å². The van der Waals surface area contributed by atoms with Crippen LogP contribution in [0.1, 0.15) is 29.8 Å². The zero-order valence-corrected chi connectivity index (χ0v) is 16.8. The van der Waals surface area contributed by atoms with E-state index in [1.165, 1.54) is 31.1 Å². The monoisotopic (exact) mass is 407 g/mol. The first kappa shape index (κ1) is 19.6. The first-order valence-electron chi connectivity index (χ1n) is 8.28. The van der Waals surface area contributed by atoms with Gasteiger partial charge in [-0.05, 0) is 43.7 Å². The lowest BCUT2D eigenvalue weighted by Crippen LogP contribution is -2.28. The van der Waals surface area contributed by atoms with Crippen molar-refractivity contribution < 1.29 is 13.9 Å². The quantitative estimate of drug-likeness (QED) is 0.703. The van der Waals surface area contributed by atoms with E-state index >= 15 is 0 Å². The molecule has 3 rings (SSSR count). The Kier molecular flexibility index (Phi) is 5.72. The first-order chi connectivity index (χ1) is 12.8. The van der Waals surface area contributed by atoms with Crippen LogP contribution >= 0.6 is 23.4 Å². The molecule has 0 radical (unpaired) electrons. The maximum absolute atomic E-state index is 13.0. The zero-order valence-electron chi connectivity index (χ0n) is 15.2. The van der Waals surface area contributed by atoms with Gasteiger partial charge in [0.15, 0.2) is 5.17 Å². The van der Waals surface area contributed by atoms with E-state index in [9.17, 15) is 9.18 Å². The van der Waals surface area contributed by atoms with Gasteiger partial charge in [0.1, 0.15) is 5.75 Å². The van der Waals surface area contributed by atoms with Crippen molar-refractivity contribution in [2.24, 2.45) is 4.99 Å². The summed E-state index contributed by atoms with van der Waals surface area (Å²) in [5.41, 5.74) is 1.15. The van der Waals surface area contributed by atoms with E-state index in [0.717, 1.165) is 5.56 Å². The topological polar surface area (TPSA) is 54.8 Å². The van der Waals surface area contributed by atoms with Crippen molar-refractivity contribution in [3.05, 3.63) is 58.6 Å². The smallest absolute Gasteiger partial charge is 0.283 e. The summed E-state index contributed by atoms with van der Waals surface area (Å²) in [5, 5.41) is 1.05. The van der Waals surface area contributed by atoms with E-state index in [2.05, 4.69) is 23.8 Å². The molecule has 1 aromatic carbocycles. The molecule has 0 saturated carbocycles. The summed E-state index contributed by atoms with van der Waals surface area (Å²) in [7, 11) is 1.49. The van der Waals surface area contributed by atoms with E-state index in [-0.39, 0.29) is 4.75 Å². The van der Waals surface area contributed by atoms with Crippen LogP contribution in [0.2, 0.25) is 5.02 Å². The van der Waals surface area contributed by atoms with Gasteiger partial charge in [-0.25, -0.2) is 4.98 Å². The van der Waals surface area contributed by atoms with E-state index in [4.69, 9.17) is 16.3 Å². The van der Waals surface area contributed by atoms with Gasteiger partial charge in [-0.3, -0.25) is 4.79 Å². The molecule has 1 aliphatic rings. The minimum Gasteiger partial charge on any atom is -0.496 e. The molecule has 0 atom stereocenters. The third kappa shape index (κ3) is 4.78. The average molecular weight is 408 g/mol. The summed E-state index contributed by atoms with van der Waals surface area (Å²) in [6.07, 6.45) is 1.49. The van der Waals surface area contributed by atoms with Crippen LogP contribution in [0.4, 0.5) is 4.39 Å². The Morgan fingerprint density at radius 2 is 2.19 bits per heavy atom. The van der Waals surface area contributed by atoms with Crippen molar-refractivity contribution in [1.82, 2.24) is 9.88 Å². The third-order valence-electron chi connectivity index (χ3n) is 3.96. The molecule has 2 heterocycles. The maximum atomic E-state index is 13.0. The number of methoxy groups -OCH3 is 1. The number of nitrogens with zero attached hydrogens (tertiary/aromatic N) is 3. The summed E-state index contributed by atoms with van der Waals surface area (Å²) in [6.45, 7) is 5.36. The van der Waals surface area contributed by atoms with Crippen LogP contribution < -0.4 is 4.74 Å². The van der Waals surface area contributed by atoms with Gasteiger partial charge in [0, 0.05) is 29.1 Å². The van der Waals surface area contributed by atoms with E-state index < -0.39 is 11.9 Å². The van der Waals surface area contributed by atoms with E-state index in [0.29, 0.717) is 34.6 Å². The molecule has 27 heavy (non-hydrogen) atoms. The van der Waals surface area contributed by atoms with Gasteiger partial charge < -0.3 is 9.64 Å². The number of hydrogen-bond donors (Lipinski definition) is 0. The molecule has 8 heteroatoms. The number of carbonyl (C=O) groups is 1.